The number of ether oxygens (including phenoxy) is 1. The van der Waals surface area contributed by atoms with E-state index in [0.29, 0.717) is 27.2 Å². The van der Waals surface area contributed by atoms with Crippen molar-refractivity contribution in [3.05, 3.63) is 46.5 Å². The number of aromatic nitrogens is 4. The zero-order valence-electron chi connectivity index (χ0n) is 13.9. The molecule has 3 heterocycles. The number of fused-ring (bicyclic) bond motifs is 1. The number of nitrogens with zero attached hydrogens (tertiary/aromatic N) is 4. The van der Waals surface area contributed by atoms with Gasteiger partial charge in [-0.1, -0.05) is 0 Å². The first-order valence-corrected chi connectivity index (χ1v) is 9.04. The van der Waals surface area contributed by atoms with Crippen LogP contribution >= 0.6 is 15.9 Å². The lowest BCUT2D eigenvalue weighted by atomic mass is 10.1. The zero-order chi connectivity index (χ0) is 17.6. The van der Waals surface area contributed by atoms with E-state index in [1.165, 1.54) is 0 Å². The Kier molecular flexibility index (Phi) is 4.03. The minimum Gasteiger partial charge on any atom is -0.420 e. The van der Waals surface area contributed by atoms with Crippen LogP contribution in [0, 0.1) is 0 Å². The number of rotatable bonds is 4. The summed E-state index contributed by atoms with van der Waals surface area (Å²) >= 11 is 3.30. The topological polar surface area (TPSA) is 69.9 Å². The number of hydrogen-bond acceptors (Lipinski definition) is 5. The minimum atomic E-state index is -0.425. The van der Waals surface area contributed by atoms with Gasteiger partial charge in [-0.05, 0) is 60.8 Å². The van der Waals surface area contributed by atoms with Gasteiger partial charge < -0.3 is 4.74 Å². The molecule has 1 aliphatic carbocycles. The van der Waals surface area contributed by atoms with Crippen LogP contribution in [-0.2, 0) is 0 Å². The largest absolute Gasteiger partial charge is 0.420 e. The molecule has 0 aliphatic heterocycles. The molecule has 128 valence electrons. The molecule has 0 N–H and O–H groups in total. The molecule has 1 fully saturated rings. The van der Waals surface area contributed by atoms with Crippen LogP contribution in [0.1, 0.15) is 54.7 Å². The monoisotopic (exact) mass is 400 g/mol. The predicted octanol–water partition coefficient (Wildman–Crippen LogP) is 4.27. The van der Waals surface area contributed by atoms with E-state index in [0.717, 1.165) is 24.2 Å². The standard InChI is InChI=1S/C18H17BrN4O2/c1-10(2)23-17-13(9-21-23)12(8-14(22-17)11-5-6-11)18(24)25-15-4-3-7-20-16(15)19/h3-4,7-11H,5-6H2,1-2H3. The Morgan fingerprint density at radius 1 is 1.40 bits per heavy atom. The van der Waals surface area contributed by atoms with Crippen LogP contribution in [0.25, 0.3) is 11.0 Å². The minimum absolute atomic E-state index is 0.163. The Morgan fingerprint density at radius 3 is 2.88 bits per heavy atom. The average Bonchev–Trinajstić information content (AvgIpc) is 3.35. The van der Waals surface area contributed by atoms with Crippen LogP contribution in [0.5, 0.6) is 5.75 Å². The highest BCUT2D eigenvalue weighted by Gasteiger charge is 2.28. The van der Waals surface area contributed by atoms with Crippen molar-refractivity contribution in [1.29, 1.82) is 0 Å². The van der Waals surface area contributed by atoms with Crippen LogP contribution in [0.2, 0.25) is 0 Å². The molecule has 0 radical (unpaired) electrons. The van der Waals surface area contributed by atoms with Gasteiger partial charge in [0.2, 0.25) is 0 Å². The van der Waals surface area contributed by atoms with Crippen molar-refractivity contribution < 1.29 is 9.53 Å². The smallest absolute Gasteiger partial charge is 0.344 e. The van der Waals surface area contributed by atoms with Gasteiger partial charge in [-0.15, -0.1) is 0 Å². The van der Waals surface area contributed by atoms with Crippen molar-refractivity contribution in [2.45, 2.75) is 38.6 Å². The second kappa shape index (κ2) is 6.22. The van der Waals surface area contributed by atoms with Gasteiger partial charge in [0.05, 0.1) is 17.1 Å². The van der Waals surface area contributed by atoms with Crippen molar-refractivity contribution in [2.75, 3.05) is 0 Å². The first-order chi connectivity index (χ1) is 12.0. The highest BCUT2D eigenvalue weighted by Crippen LogP contribution is 2.40. The number of halogens is 1. The fourth-order valence-electron chi connectivity index (χ4n) is 2.77. The van der Waals surface area contributed by atoms with Gasteiger partial charge >= 0.3 is 5.97 Å². The van der Waals surface area contributed by atoms with Crippen LogP contribution in [0.4, 0.5) is 0 Å². The van der Waals surface area contributed by atoms with Gasteiger partial charge in [0.1, 0.15) is 4.60 Å². The summed E-state index contributed by atoms with van der Waals surface area (Å²) in [4.78, 5) is 21.7. The van der Waals surface area contributed by atoms with E-state index >= 15 is 0 Å². The second-order valence-electron chi connectivity index (χ2n) is 6.47. The van der Waals surface area contributed by atoms with Crippen LogP contribution in [0.3, 0.4) is 0 Å². The molecule has 3 aromatic heterocycles. The third kappa shape index (κ3) is 3.04. The molecule has 25 heavy (non-hydrogen) atoms. The lowest BCUT2D eigenvalue weighted by Crippen LogP contribution is -2.12. The lowest BCUT2D eigenvalue weighted by molar-refractivity contribution is 0.0734. The molecule has 0 saturated heterocycles. The summed E-state index contributed by atoms with van der Waals surface area (Å²) in [6, 6.07) is 5.43. The molecule has 4 rings (SSSR count). The van der Waals surface area contributed by atoms with E-state index in [1.807, 2.05) is 24.6 Å². The molecular formula is C18H17BrN4O2. The average molecular weight is 401 g/mol. The predicted molar refractivity (Wildman–Crippen MR) is 96.8 cm³/mol. The third-order valence-corrected chi connectivity index (χ3v) is 4.81. The van der Waals surface area contributed by atoms with E-state index in [9.17, 15) is 4.79 Å². The van der Waals surface area contributed by atoms with Crippen molar-refractivity contribution in [3.63, 3.8) is 0 Å². The van der Waals surface area contributed by atoms with Crippen molar-refractivity contribution in [3.8, 4) is 5.75 Å². The zero-order valence-corrected chi connectivity index (χ0v) is 15.5. The summed E-state index contributed by atoms with van der Waals surface area (Å²) in [5, 5.41) is 5.12. The van der Waals surface area contributed by atoms with Crippen molar-refractivity contribution in [2.24, 2.45) is 0 Å². The molecule has 0 aromatic carbocycles. The number of carbonyl (C=O) groups is 1. The maximum Gasteiger partial charge on any atom is 0.344 e. The first kappa shape index (κ1) is 16.2. The molecule has 0 spiro atoms. The fourth-order valence-corrected chi connectivity index (χ4v) is 3.11. The second-order valence-corrected chi connectivity index (χ2v) is 7.22. The van der Waals surface area contributed by atoms with E-state index in [1.54, 1.807) is 24.5 Å². The molecule has 1 aliphatic rings. The highest BCUT2D eigenvalue weighted by atomic mass is 79.9. The van der Waals surface area contributed by atoms with Gasteiger partial charge in [0.25, 0.3) is 0 Å². The molecule has 0 bridgehead atoms. The molecule has 1 saturated carbocycles. The Hall–Kier alpha value is -2.28. The molecule has 7 heteroatoms. The Bertz CT molecular complexity index is 963. The quantitative estimate of drug-likeness (QED) is 0.483. The number of hydrogen-bond donors (Lipinski definition) is 0. The molecule has 0 unspecified atom stereocenters. The van der Waals surface area contributed by atoms with Crippen molar-refractivity contribution in [1.82, 2.24) is 19.7 Å². The van der Waals surface area contributed by atoms with E-state index in [4.69, 9.17) is 9.72 Å². The van der Waals surface area contributed by atoms with E-state index < -0.39 is 5.97 Å². The van der Waals surface area contributed by atoms with Gasteiger partial charge in [-0.2, -0.15) is 5.10 Å². The van der Waals surface area contributed by atoms with Gasteiger partial charge in [-0.25, -0.2) is 19.4 Å². The maximum absolute atomic E-state index is 12.8. The van der Waals surface area contributed by atoms with Crippen LogP contribution in [-0.4, -0.2) is 25.7 Å². The molecule has 0 atom stereocenters. The maximum atomic E-state index is 12.8. The van der Waals surface area contributed by atoms with E-state index in [2.05, 4.69) is 26.0 Å². The van der Waals surface area contributed by atoms with Crippen LogP contribution in [0.15, 0.2) is 35.2 Å². The molecule has 0 amide bonds. The summed E-state index contributed by atoms with van der Waals surface area (Å²) < 4.78 is 7.89. The number of carbonyl (C=O) groups excluding carboxylic acids is 1. The molecule has 6 nitrogen and oxygen atoms in total. The number of pyridine rings is 2. The van der Waals surface area contributed by atoms with Gasteiger partial charge in [0.15, 0.2) is 11.4 Å². The summed E-state index contributed by atoms with van der Waals surface area (Å²) in [5.41, 5.74) is 2.17. The highest BCUT2D eigenvalue weighted by molar-refractivity contribution is 9.10. The summed E-state index contributed by atoms with van der Waals surface area (Å²) in [7, 11) is 0. The molecule has 3 aromatic rings. The number of esters is 1. The Labute approximate surface area is 153 Å². The summed E-state index contributed by atoms with van der Waals surface area (Å²) in [5.74, 6) is 0.393. The third-order valence-electron chi connectivity index (χ3n) is 4.22. The van der Waals surface area contributed by atoms with Crippen LogP contribution < -0.4 is 4.74 Å². The lowest BCUT2D eigenvalue weighted by Gasteiger charge is -2.10. The first-order valence-electron chi connectivity index (χ1n) is 8.25. The van der Waals surface area contributed by atoms with Gasteiger partial charge in [0, 0.05) is 23.9 Å². The Morgan fingerprint density at radius 2 is 2.20 bits per heavy atom. The molecular weight excluding hydrogens is 384 g/mol. The van der Waals surface area contributed by atoms with Gasteiger partial charge in [-0.3, -0.25) is 0 Å². The SMILES string of the molecule is CC(C)n1ncc2c(C(=O)Oc3cccnc3Br)cc(C3CC3)nc21. The summed E-state index contributed by atoms with van der Waals surface area (Å²) in [6.45, 7) is 4.09. The normalized spacial score (nSPS) is 14.2. The fraction of sp³-hybridized carbons (Fsp3) is 0.333. The van der Waals surface area contributed by atoms with Crippen molar-refractivity contribution >= 4 is 32.9 Å². The Balaban J connectivity index is 1.80. The van der Waals surface area contributed by atoms with E-state index in [-0.39, 0.29) is 6.04 Å². The summed E-state index contributed by atoms with van der Waals surface area (Å²) in [6.07, 6.45) is 5.53.